The predicted molar refractivity (Wildman–Crippen MR) is 176 cm³/mol. The Morgan fingerprint density at radius 1 is 1.06 bits per heavy atom. The zero-order valence-corrected chi connectivity index (χ0v) is 29.1. The van der Waals surface area contributed by atoms with E-state index in [-0.39, 0.29) is 49.4 Å². The zero-order valence-electron chi connectivity index (χ0n) is 27.5. The number of aromatic nitrogens is 2. The summed E-state index contributed by atoms with van der Waals surface area (Å²) in [6, 6.07) is 3.90. The van der Waals surface area contributed by atoms with E-state index in [1.807, 2.05) is 4.90 Å². The SMILES string of the molecule is CS(=O)(=O)N1CCc2c(c(-c3ccc(C(F)(F)F)c(SCCN4CC[C@H](F)C4)c3)nn2C[C@@H](O)CN2CCC(N3C[C@H](O)CC3=O)CC2)C1. The first-order valence-electron chi connectivity index (χ1n) is 16.8. The van der Waals surface area contributed by atoms with Crippen LogP contribution in [-0.2, 0) is 40.5 Å². The van der Waals surface area contributed by atoms with Gasteiger partial charge in [0.1, 0.15) is 6.17 Å². The minimum absolute atomic E-state index is 0.0138. The number of nitrogens with zero attached hydrogens (tertiary/aromatic N) is 6. The van der Waals surface area contributed by atoms with Crippen LogP contribution in [0.2, 0.25) is 0 Å². The second-order valence-corrected chi connectivity index (χ2v) is 16.8. The number of carbonyl (C=O) groups excluding carboxylic acids is 1. The number of sulfonamides is 1. The number of piperidine rings is 1. The van der Waals surface area contributed by atoms with E-state index in [4.69, 9.17) is 5.10 Å². The standard InChI is InChI=1S/C32H44F4N6O5S2/c1-49(46,47)40-11-7-28-26(20-40)31(21-2-3-27(32(34,35)36)29(14-21)48-13-12-39-8-4-22(33)16-39)37-42(28)19-25(44)17-38-9-5-23(6-10-38)41-18-24(43)15-30(41)45/h2-3,14,22-25,43-44H,4-13,15-20H2,1H3/t22-,24+,25-/m0/s1. The number of hydrogen-bond acceptors (Lipinski definition) is 9. The minimum Gasteiger partial charge on any atom is -0.391 e. The third-order valence-electron chi connectivity index (χ3n) is 10.00. The lowest BCUT2D eigenvalue weighted by molar-refractivity contribution is -0.139. The van der Waals surface area contributed by atoms with Crippen molar-refractivity contribution < 1.29 is 41.0 Å². The van der Waals surface area contributed by atoms with Crippen molar-refractivity contribution in [3.05, 3.63) is 35.0 Å². The maximum absolute atomic E-state index is 14.1. The van der Waals surface area contributed by atoms with Crippen molar-refractivity contribution >= 4 is 27.7 Å². The molecule has 11 nitrogen and oxygen atoms in total. The number of halogens is 4. The van der Waals surface area contributed by atoms with Gasteiger partial charge in [-0.1, -0.05) is 6.07 Å². The maximum Gasteiger partial charge on any atom is 0.417 e. The fourth-order valence-corrected chi connectivity index (χ4v) is 9.37. The Kier molecular flexibility index (Phi) is 11.0. The largest absolute Gasteiger partial charge is 0.417 e. The highest BCUT2D eigenvalue weighted by molar-refractivity contribution is 7.99. The Morgan fingerprint density at radius 3 is 2.43 bits per heavy atom. The van der Waals surface area contributed by atoms with Gasteiger partial charge in [0.2, 0.25) is 15.9 Å². The summed E-state index contributed by atoms with van der Waals surface area (Å²) >= 11 is 1.05. The van der Waals surface area contributed by atoms with Crippen molar-refractivity contribution in [2.24, 2.45) is 0 Å². The molecule has 1 aromatic carbocycles. The van der Waals surface area contributed by atoms with Crippen LogP contribution in [0, 0.1) is 0 Å². The van der Waals surface area contributed by atoms with Crippen LogP contribution in [0.15, 0.2) is 23.1 Å². The average molecular weight is 733 g/mol. The number of benzene rings is 1. The number of rotatable bonds is 11. The van der Waals surface area contributed by atoms with E-state index in [1.54, 1.807) is 9.58 Å². The number of alkyl halides is 4. The van der Waals surface area contributed by atoms with Crippen LogP contribution >= 0.6 is 11.8 Å². The van der Waals surface area contributed by atoms with Crippen molar-refractivity contribution in [1.29, 1.82) is 0 Å². The molecule has 0 bridgehead atoms. The Labute approximate surface area is 288 Å². The number of thioether (sulfide) groups is 1. The van der Waals surface area contributed by atoms with Gasteiger partial charge in [-0.2, -0.15) is 22.6 Å². The third-order valence-corrected chi connectivity index (χ3v) is 12.3. The first kappa shape index (κ1) is 36.5. The Hall–Kier alpha value is -2.28. The van der Waals surface area contributed by atoms with Crippen molar-refractivity contribution in [2.45, 2.75) is 80.7 Å². The summed E-state index contributed by atoms with van der Waals surface area (Å²) in [5, 5.41) is 25.8. The molecule has 0 aliphatic carbocycles. The second kappa shape index (κ2) is 14.8. The van der Waals surface area contributed by atoms with E-state index in [1.165, 1.54) is 16.4 Å². The molecule has 0 saturated carbocycles. The van der Waals surface area contributed by atoms with Gasteiger partial charge in [-0.3, -0.25) is 14.4 Å². The number of hydrogen-bond donors (Lipinski definition) is 2. The highest BCUT2D eigenvalue weighted by Gasteiger charge is 2.37. The van der Waals surface area contributed by atoms with Gasteiger partial charge >= 0.3 is 6.18 Å². The molecule has 3 atom stereocenters. The van der Waals surface area contributed by atoms with Gasteiger partial charge in [-0.25, -0.2) is 12.8 Å². The monoisotopic (exact) mass is 732 g/mol. The van der Waals surface area contributed by atoms with Gasteiger partial charge < -0.3 is 20.0 Å². The summed E-state index contributed by atoms with van der Waals surface area (Å²) in [5.74, 6) is 0.310. The van der Waals surface area contributed by atoms with E-state index >= 15 is 0 Å². The molecule has 0 unspecified atom stereocenters. The summed E-state index contributed by atoms with van der Waals surface area (Å²) in [6.07, 6.45) is -3.46. The topological polar surface area (TPSA) is 122 Å². The quantitative estimate of drug-likeness (QED) is 0.265. The van der Waals surface area contributed by atoms with Gasteiger partial charge in [0, 0.05) is 98.8 Å². The fourth-order valence-electron chi connectivity index (χ4n) is 7.46. The van der Waals surface area contributed by atoms with Crippen LogP contribution in [0.1, 0.15) is 42.5 Å². The highest BCUT2D eigenvalue weighted by atomic mass is 32.2. The van der Waals surface area contributed by atoms with Gasteiger partial charge in [0.05, 0.1) is 42.7 Å². The summed E-state index contributed by atoms with van der Waals surface area (Å²) in [6.45, 7) is 3.70. The smallest absolute Gasteiger partial charge is 0.391 e. The molecule has 1 amide bonds. The molecule has 1 aromatic heterocycles. The number of β-amino-alcohol motifs (C(OH)–C–C–N with tert-alkyl or cyclic N) is 2. The average Bonchev–Trinajstić information content (AvgIpc) is 3.72. The fraction of sp³-hybridized carbons (Fsp3) is 0.688. The van der Waals surface area contributed by atoms with E-state index in [0.717, 1.165) is 42.6 Å². The van der Waals surface area contributed by atoms with Crippen molar-refractivity contribution in [3.8, 4) is 11.3 Å². The van der Waals surface area contributed by atoms with Crippen molar-refractivity contribution in [3.63, 3.8) is 0 Å². The van der Waals surface area contributed by atoms with Crippen LogP contribution in [0.25, 0.3) is 11.3 Å². The summed E-state index contributed by atoms with van der Waals surface area (Å²) in [5.41, 5.74) is 1.36. The molecular weight excluding hydrogens is 689 g/mol. The second-order valence-electron chi connectivity index (χ2n) is 13.6. The van der Waals surface area contributed by atoms with E-state index in [0.29, 0.717) is 74.7 Å². The number of carbonyl (C=O) groups is 1. The highest BCUT2D eigenvalue weighted by Crippen LogP contribution is 2.40. The normalized spacial score (nSPS) is 24.2. The lowest BCUT2D eigenvalue weighted by atomic mass is 10.0. The van der Waals surface area contributed by atoms with Crippen LogP contribution in [0.4, 0.5) is 17.6 Å². The van der Waals surface area contributed by atoms with Crippen molar-refractivity contribution in [1.82, 2.24) is 28.8 Å². The van der Waals surface area contributed by atoms with Crippen LogP contribution in [-0.4, -0.2) is 142 Å². The first-order chi connectivity index (χ1) is 23.2. The van der Waals surface area contributed by atoms with E-state index in [9.17, 15) is 41.0 Å². The molecule has 4 aliphatic heterocycles. The van der Waals surface area contributed by atoms with Crippen LogP contribution in [0.5, 0.6) is 0 Å². The number of amides is 1. The molecule has 5 heterocycles. The minimum atomic E-state index is -4.59. The van der Waals surface area contributed by atoms with E-state index in [2.05, 4.69) is 4.90 Å². The van der Waals surface area contributed by atoms with Crippen molar-refractivity contribution in [2.75, 3.05) is 64.4 Å². The molecule has 4 aliphatic rings. The van der Waals surface area contributed by atoms with E-state index < -0.39 is 40.1 Å². The lowest BCUT2D eigenvalue weighted by Gasteiger charge is -2.37. The maximum atomic E-state index is 14.1. The molecule has 6 rings (SSSR count). The summed E-state index contributed by atoms with van der Waals surface area (Å²) in [4.78, 5) is 18.0. The van der Waals surface area contributed by atoms with Gasteiger partial charge in [-0.05, 0) is 31.4 Å². The number of aliphatic hydroxyl groups is 2. The summed E-state index contributed by atoms with van der Waals surface area (Å²) < 4.78 is 83.8. The Morgan fingerprint density at radius 2 is 1.80 bits per heavy atom. The summed E-state index contributed by atoms with van der Waals surface area (Å²) in [7, 11) is -3.56. The van der Waals surface area contributed by atoms with Gasteiger partial charge in [0.15, 0.2) is 0 Å². The van der Waals surface area contributed by atoms with Crippen LogP contribution in [0.3, 0.4) is 0 Å². The number of likely N-dealkylation sites (tertiary alicyclic amines) is 3. The molecule has 0 spiro atoms. The predicted octanol–water partition coefficient (Wildman–Crippen LogP) is 2.44. The molecule has 3 fully saturated rings. The Balaban J connectivity index is 1.20. The molecule has 0 radical (unpaired) electrons. The molecular formula is C32H44F4N6O5S2. The first-order valence-corrected chi connectivity index (χ1v) is 19.6. The molecule has 272 valence electrons. The number of aliphatic hydroxyl groups excluding tert-OH is 2. The van der Waals surface area contributed by atoms with Crippen LogP contribution < -0.4 is 0 Å². The molecule has 49 heavy (non-hydrogen) atoms. The lowest BCUT2D eigenvalue weighted by Crippen LogP contribution is -2.47. The number of fused-ring (bicyclic) bond motifs is 1. The van der Waals surface area contributed by atoms with Gasteiger partial charge in [0.25, 0.3) is 0 Å². The molecule has 17 heteroatoms. The third kappa shape index (κ3) is 8.61. The molecule has 2 aromatic rings. The molecule has 2 N–H and O–H groups in total. The Bertz CT molecular complexity index is 1620. The van der Waals surface area contributed by atoms with Gasteiger partial charge in [-0.15, -0.1) is 11.8 Å². The zero-order chi connectivity index (χ0) is 35.1. The molecule has 3 saturated heterocycles.